The number of amides is 2. The van der Waals surface area contributed by atoms with Gasteiger partial charge in [0.25, 0.3) is 0 Å². The molecule has 0 bridgehead atoms. The van der Waals surface area contributed by atoms with Gasteiger partial charge in [-0.25, -0.2) is 9.80 Å². The molecule has 1 aliphatic rings. The molecule has 140 valence electrons. The number of halogens is 1. The molecule has 0 spiro atoms. The molecule has 0 saturated carbocycles. The second kappa shape index (κ2) is 7.74. The van der Waals surface area contributed by atoms with Crippen molar-refractivity contribution < 1.29 is 14.3 Å². The molecule has 2 unspecified atom stereocenters. The number of carbonyl (C=O) groups is 2. The second-order valence-electron chi connectivity index (χ2n) is 6.41. The van der Waals surface area contributed by atoms with Crippen LogP contribution < -0.4 is 10.2 Å². The topological polar surface area (TPSA) is 58.6 Å². The van der Waals surface area contributed by atoms with Crippen LogP contribution in [0.4, 0.5) is 4.79 Å². The fourth-order valence-corrected chi connectivity index (χ4v) is 3.47. The SMILES string of the molecule is O=C1NN(C(=O)Oc2ccc(Cl)cc2)C(c2ccccc2)C1c1ccccc1. The van der Waals surface area contributed by atoms with E-state index >= 15 is 0 Å². The minimum absolute atomic E-state index is 0.256. The van der Waals surface area contributed by atoms with Gasteiger partial charge >= 0.3 is 6.09 Å². The minimum Gasteiger partial charge on any atom is -0.409 e. The van der Waals surface area contributed by atoms with Crippen LogP contribution in [0.1, 0.15) is 23.1 Å². The molecule has 0 aliphatic carbocycles. The van der Waals surface area contributed by atoms with Crippen LogP contribution in [0, 0.1) is 0 Å². The van der Waals surface area contributed by atoms with E-state index in [9.17, 15) is 9.59 Å². The average molecular weight is 393 g/mol. The van der Waals surface area contributed by atoms with Crippen molar-refractivity contribution in [2.24, 2.45) is 0 Å². The molecular weight excluding hydrogens is 376 g/mol. The molecule has 3 aromatic rings. The van der Waals surface area contributed by atoms with Crippen molar-refractivity contribution in [3.63, 3.8) is 0 Å². The smallest absolute Gasteiger partial charge is 0.409 e. The summed E-state index contributed by atoms with van der Waals surface area (Å²) >= 11 is 5.88. The molecule has 1 heterocycles. The van der Waals surface area contributed by atoms with E-state index in [1.165, 1.54) is 5.01 Å². The molecule has 1 saturated heterocycles. The van der Waals surface area contributed by atoms with Gasteiger partial charge in [0.2, 0.25) is 5.91 Å². The van der Waals surface area contributed by atoms with Crippen LogP contribution in [-0.4, -0.2) is 17.0 Å². The molecule has 1 N–H and O–H groups in total. The zero-order valence-electron chi connectivity index (χ0n) is 14.8. The van der Waals surface area contributed by atoms with E-state index in [2.05, 4.69) is 5.43 Å². The molecule has 0 aromatic heterocycles. The summed E-state index contributed by atoms with van der Waals surface area (Å²) in [6, 6.07) is 24.8. The fraction of sp³-hybridized carbons (Fsp3) is 0.0909. The Kier molecular flexibility index (Phi) is 5.00. The average Bonchev–Trinajstić information content (AvgIpc) is 3.08. The van der Waals surface area contributed by atoms with Gasteiger partial charge in [-0.2, -0.15) is 0 Å². The third-order valence-corrected chi connectivity index (χ3v) is 4.87. The highest BCUT2D eigenvalue weighted by Crippen LogP contribution is 2.40. The van der Waals surface area contributed by atoms with Crippen LogP contribution in [0.5, 0.6) is 5.75 Å². The van der Waals surface area contributed by atoms with Gasteiger partial charge in [0.05, 0.1) is 12.0 Å². The van der Waals surface area contributed by atoms with Gasteiger partial charge in [0, 0.05) is 5.02 Å². The number of rotatable bonds is 3. The Hall–Kier alpha value is -3.31. The number of benzene rings is 3. The Morgan fingerprint density at radius 1 is 0.857 bits per heavy atom. The predicted molar refractivity (Wildman–Crippen MR) is 106 cm³/mol. The number of carbonyl (C=O) groups excluding carboxylic acids is 2. The van der Waals surface area contributed by atoms with Crippen molar-refractivity contribution in [2.75, 3.05) is 0 Å². The lowest BCUT2D eigenvalue weighted by Gasteiger charge is -2.25. The summed E-state index contributed by atoms with van der Waals surface area (Å²) in [4.78, 5) is 25.7. The van der Waals surface area contributed by atoms with Gasteiger partial charge in [-0.1, -0.05) is 72.3 Å². The van der Waals surface area contributed by atoms with Crippen molar-refractivity contribution in [1.82, 2.24) is 10.4 Å². The lowest BCUT2D eigenvalue weighted by Crippen LogP contribution is -2.41. The van der Waals surface area contributed by atoms with E-state index in [1.54, 1.807) is 24.3 Å². The Bertz CT molecular complexity index is 978. The number of nitrogens with one attached hydrogen (secondary N) is 1. The maximum Gasteiger partial charge on any atom is 0.434 e. The van der Waals surface area contributed by atoms with Crippen molar-refractivity contribution in [1.29, 1.82) is 0 Å². The summed E-state index contributed by atoms with van der Waals surface area (Å²) in [5.41, 5.74) is 4.34. The number of ether oxygens (including phenoxy) is 1. The van der Waals surface area contributed by atoms with Crippen molar-refractivity contribution in [3.8, 4) is 5.75 Å². The highest BCUT2D eigenvalue weighted by Gasteiger charge is 2.46. The number of nitrogens with zero attached hydrogens (tertiary/aromatic N) is 1. The van der Waals surface area contributed by atoms with Crippen molar-refractivity contribution in [2.45, 2.75) is 12.0 Å². The molecule has 1 fully saturated rings. The minimum atomic E-state index is -0.664. The summed E-state index contributed by atoms with van der Waals surface area (Å²) in [6.07, 6.45) is -0.664. The molecule has 1 aliphatic heterocycles. The summed E-state index contributed by atoms with van der Waals surface area (Å²) in [7, 11) is 0. The van der Waals surface area contributed by atoms with Crippen LogP contribution in [0.3, 0.4) is 0 Å². The number of hydrogen-bond acceptors (Lipinski definition) is 3. The normalized spacial score (nSPS) is 18.6. The van der Waals surface area contributed by atoms with E-state index in [1.807, 2.05) is 60.7 Å². The molecular formula is C22H17ClN2O3. The Balaban J connectivity index is 1.68. The van der Waals surface area contributed by atoms with E-state index in [0.29, 0.717) is 10.8 Å². The van der Waals surface area contributed by atoms with Crippen molar-refractivity contribution in [3.05, 3.63) is 101 Å². The third-order valence-electron chi connectivity index (χ3n) is 4.62. The molecule has 2 atom stereocenters. The number of hydrazine groups is 1. The van der Waals surface area contributed by atoms with E-state index in [-0.39, 0.29) is 5.91 Å². The van der Waals surface area contributed by atoms with Crippen molar-refractivity contribution >= 4 is 23.6 Å². The third kappa shape index (κ3) is 3.57. The molecule has 2 amide bonds. The van der Waals surface area contributed by atoms with E-state index in [0.717, 1.165) is 11.1 Å². The van der Waals surface area contributed by atoms with E-state index < -0.39 is 18.1 Å². The summed E-state index contributed by atoms with van der Waals surface area (Å²) in [6.45, 7) is 0. The van der Waals surface area contributed by atoms with Crippen LogP contribution in [0.15, 0.2) is 84.9 Å². The van der Waals surface area contributed by atoms with Gasteiger partial charge < -0.3 is 4.74 Å². The van der Waals surface area contributed by atoms with Crippen LogP contribution in [0.2, 0.25) is 5.02 Å². The second-order valence-corrected chi connectivity index (χ2v) is 6.85. The summed E-state index contributed by atoms with van der Waals surface area (Å²) < 4.78 is 5.45. The Labute approximate surface area is 167 Å². The standard InChI is InChI=1S/C22H17ClN2O3/c23-17-11-13-18(14-12-17)28-22(27)25-20(16-9-5-2-6-10-16)19(21(26)24-25)15-7-3-1-4-8-15/h1-14,19-20H,(H,24,26). The zero-order chi connectivity index (χ0) is 19.5. The van der Waals surface area contributed by atoms with Crippen LogP contribution in [0.25, 0.3) is 0 Å². The van der Waals surface area contributed by atoms with Gasteiger partial charge in [0.1, 0.15) is 5.75 Å². The number of hydrogen-bond donors (Lipinski definition) is 1. The maximum atomic E-state index is 12.9. The first-order chi connectivity index (χ1) is 13.6. The maximum absolute atomic E-state index is 12.9. The first-order valence-corrected chi connectivity index (χ1v) is 9.18. The molecule has 28 heavy (non-hydrogen) atoms. The van der Waals surface area contributed by atoms with Crippen LogP contribution in [-0.2, 0) is 4.79 Å². The molecule has 3 aromatic carbocycles. The lowest BCUT2D eigenvalue weighted by atomic mass is 9.88. The lowest BCUT2D eigenvalue weighted by molar-refractivity contribution is -0.121. The first kappa shape index (κ1) is 18.1. The molecule has 5 nitrogen and oxygen atoms in total. The molecule has 0 radical (unpaired) electrons. The van der Waals surface area contributed by atoms with Gasteiger partial charge in [-0.05, 0) is 35.4 Å². The van der Waals surface area contributed by atoms with E-state index in [4.69, 9.17) is 16.3 Å². The Morgan fingerprint density at radius 2 is 1.43 bits per heavy atom. The monoisotopic (exact) mass is 392 g/mol. The Morgan fingerprint density at radius 3 is 2.04 bits per heavy atom. The zero-order valence-corrected chi connectivity index (χ0v) is 15.5. The predicted octanol–water partition coefficient (Wildman–Crippen LogP) is 4.71. The van der Waals surface area contributed by atoms with Gasteiger partial charge in [0.15, 0.2) is 0 Å². The first-order valence-electron chi connectivity index (χ1n) is 8.80. The quantitative estimate of drug-likeness (QED) is 0.702. The summed E-state index contributed by atoms with van der Waals surface area (Å²) in [5, 5.41) is 1.80. The van der Waals surface area contributed by atoms with Gasteiger partial charge in [-0.15, -0.1) is 0 Å². The highest BCUT2D eigenvalue weighted by molar-refractivity contribution is 6.30. The highest BCUT2D eigenvalue weighted by atomic mass is 35.5. The van der Waals surface area contributed by atoms with Gasteiger partial charge in [-0.3, -0.25) is 10.2 Å². The molecule has 6 heteroatoms. The largest absolute Gasteiger partial charge is 0.434 e. The summed E-state index contributed by atoms with van der Waals surface area (Å²) in [5.74, 6) is -0.451. The molecule has 4 rings (SSSR count). The van der Waals surface area contributed by atoms with Crippen LogP contribution >= 0.6 is 11.6 Å². The fourth-order valence-electron chi connectivity index (χ4n) is 3.35.